The highest BCUT2D eigenvalue weighted by Crippen LogP contribution is 2.11. The van der Waals surface area contributed by atoms with E-state index in [9.17, 15) is 0 Å². The van der Waals surface area contributed by atoms with E-state index in [1.165, 1.54) is 10.8 Å². The molecule has 2 aromatic carbocycles. The normalized spacial score (nSPS) is 10.0. The van der Waals surface area contributed by atoms with Crippen LogP contribution >= 0.6 is 0 Å². The SMILES string of the molecule is c1c[13cH][13c]2[13cH][13cH][13cH][13cH]c2c1. The first-order valence-electron chi connectivity index (χ1n) is 3.40. The van der Waals surface area contributed by atoms with E-state index in [0.29, 0.717) is 0 Å². The second-order valence-corrected chi connectivity index (χ2v) is 2.35. The van der Waals surface area contributed by atoms with Crippen LogP contribution in [0.25, 0.3) is 10.8 Å². The summed E-state index contributed by atoms with van der Waals surface area (Å²) in [5, 5.41) is 2.62. The Labute approximate surface area is 60.1 Å². The summed E-state index contributed by atoms with van der Waals surface area (Å²) < 4.78 is 0. The molecule has 0 spiro atoms. The average molecular weight is 134 g/mol. The number of hydrogen-bond acceptors (Lipinski definition) is 0. The first-order valence-corrected chi connectivity index (χ1v) is 3.40. The highest BCUT2D eigenvalue weighted by Gasteiger charge is 1.85. The van der Waals surface area contributed by atoms with Crippen LogP contribution in [0.1, 0.15) is 0 Å². The molecule has 0 radical (unpaired) electrons. The molecule has 0 saturated carbocycles. The molecule has 0 bridgehead atoms. The Kier molecular flexibility index (Phi) is 1.17. The molecular formula is C10H8. The lowest BCUT2D eigenvalue weighted by Gasteiger charge is -1.92. The molecule has 0 N–H and O–H groups in total. The zero-order chi connectivity index (χ0) is 6.81. The van der Waals surface area contributed by atoms with Crippen LogP contribution in [0.2, 0.25) is 0 Å². The molecular weight excluding hydrogens is 126 g/mol. The van der Waals surface area contributed by atoms with Crippen LogP contribution in [0.5, 0.6) is 0 Å². The van der Waals surface area contributed by atoms with Crippen LogP contribution < -0.4 is 0 Å². The van der Waals surface area contributed by atoms with Crippen molar-refractivity contribution in [2.45, 2.75) is 0 Å². The molecule has 0 aliphatic heterocycles. The van der Waals surface area contributed by atoms with Gasteiger partial charge in [0, 0.05) is 0 Å². The summed E-state index contributed by atoms with van der Waals surface area (Å²) in [7, 11) is 0. The number of hydrogen-bond donors (Lipinski definition) is 0. The number of fused-ring (bicyclic) bond motifs is 1. The van der Waals surface area contributed by atoms with Crippen molar-refractivity contribution in [1.29, 1.82) is 0 Å². The van der Waals surface area contributed by atoms with Gasteiger partial charge in [0.2, 0.25) is 0 Å². The Hall–Kier alpha value is -1.30. The Morgan fingerprint density at radius 3 is 1.10 bits per heavy atom. The van der Waals surface area contributed by atoms with E-state index in [1.807, 2.05) is 0 Å². The minimum atomic E-state index is 1.31. The van der Waals surface area contributed by atoms with Crippen molar-refractivity contribution in [2.75, 3.05) is 0 Å². The van der Waals surface area contributed by atoms with Crippen LogP contribution in [0.4, 0.5) is 0 Å². The van der Waals surface area contributed by atoms with Crippen LogP contribution in [-0.4, -0.2) is 0 Å². The van der Waals surface area contributed by atoms with Crippen LogP contribution in [0.3, 0.4) is 0 Å². The van der Waals surface area contributed by atoms with Crippen LogP contribution in [-0.2, 0) is 0 Å². The lowest BCUT2D eigenvalue weighted by atomic mass is 10.5. The minimum absolute atomic E-state index is 1.31. The van der Waals surface area contributed by atoms with Gasteiger partial charge >= 0.3 is 0 Å². The molecule has 0 nitrogen and oxygen atoms in total. The quantitative estimate of drug-likeness (QED) is 0.519. The smallest absolute Gasteiger partial charge is 0.0184 e. The standard InChI is InChI=1S/C10H8/c1-2-6-10-8-4-3-7-9(10)5-1/h1-8H/i1+1,2+1,5+1,6+1,7+1,9+1. The molecule has 10 heavy (non-hydrogen) atoms. The maximum Gasteiger partial charge on any atom is -0.0184 e. The predicted molar refractivity (Wildman–Crippen MR) is 43.9 cm³/mol. The summed E-state index contributed by atoms with van der Waals surface area (Å²) in [6.45, 7) is 0. The molecule has 0 aromatic heterocycles. The summed E-state index contributed by atoms with van der Waals surface area (Å²) >= 11 is 0. The number of rotatable bonds is 0. The third-order valence-electron chi connectivity index (χ3n) is 1.66. The van der Waals surface area contributed by atoms with E-state index in [1.54, 1.807) is 0 Å². The molecule has 48 valence electrons. The maximum absolute atomic E-state index is 2.12. The van der Waals surface area contributed by atoms with Gasteiger partial charge in [-0.1, -0.05) is 48.5 Å². The van der Waals surface area contributed by atoms with E-state index < -0.39 is 0 Å². The summed E-state index contributed by atoms with van der Waals surface area (Å²) in [5.74, 6) is 0. The van der Waals surface area contributed by atoms with Gasteiger partial charge in [-0.3, -0.25) is 0 Å². The third-order valence-corrected chi connectivity index (χ3v) is 1.66. The van der Waals surface area contributed by atoms with Gasteiger partial charge in [-0.05, 0) is 10.8 Å². The first kappa shape index (κ1) is 5.48. The van der Waals surface area contributed by atoms with Gasteiger partial charge in [0.25, 0.3) is 0 Å². The Bertz CT molecular complexity index is 271. The maximum atomic E-state index is 2.12. The summed E-state index contributed by atoms with van der Waals surface area (Å²) in [4.78, 5) is 0. The van der Waals surface area contributed by atoms with Gasteiger partial charge in [-0.15, -0.1) is 0 Å². The first-order chi connectivity index (χ1) is 4.97. The largest absolute Gasteiger partial charge is 0.0616 e. The van der Waals surface area contributed by atoms with Gasteiger partial charge in [0.1, 0.15) is 0 Å². The van der Waals surface area contributed by atoms with E-state index in [0.717, 1.165) is 0 Å². The zero-order valence-electron chi connectivity index (χ0n) is 5.62. The minimum Gasteiger partial charge on any atom is -0.0616 e. The fourth-order valence-electron chi connectivity index (χ4n) is 1.13. The van der Waals surface area contributed by atoms with Crippen LogP contribution in [0, 0.1) is 0 Å². The Morgan fingerprint density at radius 2 is 0.800 bits per heavy atom. The van der Waals surface area contributed by atoms with Gasteiger partial charge in [0.15, 0.2) is 0 Å². The van der Waals surface area contributed by atoms with Gasteiger partial charge in [-0.2, -0.15) is 0 Å². The van der Waals surface area contributed by atoms with Gasteiger partial charge in [-0.25, -0.2) is 0 Å². The molecule has 0 amide bonds. The monoisotopic (exact) mass is 134 g/mol. The van der Waals surface area contributed by atoms with Crippen molar-refractivity contribution in [1.82, 2.24) is 0 Å². The van der Waals surface area contributed by atoms with Crippen molar-refractivity contribution < 1.29 is 0 Å². The predicted octanol–water partition coefficient (Wildman–Crippen LogP) is 2.84. The summed E-state index contributed by atoms with van der Waals surface area (Å²) in [5.41, 5.74) is 0. The van der Waals surface area contributed by atoms with Crippen molar-refractivity contribution in [2.24, 2.45) is 0 Å². The van der Waals surface area contributed by atoms with Gasteiger partial charge < -0.3 is 0 Å². The lowest BCUT2D eigenvalue weighted by Crippen LogP contribution is -1.67. The van der Waals surface area contributed by atoms with Crippen LogP contribution in [0.15, 0.2) is 48.5 Å². The van der Waals surface area contributed by atoms with Gasteiger partial charge in [0.05, 0.1) is 0 Å². The van der Waals surface area contributed by atoms with E-state index in [-0.39, 0.29) is 0 Å². The Morgan fingerprint density at radius 1 is 0.500 bits per heavy atom. The second kappa shape index (κ2) is 2.14. The van der Waals surface area contributed by atoms with E-state index in [4.69, 9.17) is 0 Å². The molecule has 0 fully saturated rings. The summed E-state index contributed by atoms with van der Waals surface area (Å²) in [6, 6.07) is 16.7. The fraction of sp³-hybridized carbons (Fsp3) is 0. The fourth-order valence-corrected chi connectivity index (χ4v) is 1.13. The molecule has 0 unspecified atom stereocenters. The van der Waals surface area contributed by atoms with Crippen molar-refractivity contribution in [3.63, 3.8) is 0 Å². The zero-order valence-corrected chi connectivity index (χ0v) is 5.62. The van der Waals surface area contributed by atoms with Crippen molar-refractivity contribution >= 4 is 10.8 Å². The van der Waals surface area contributed by atoms with E-state index >= 15 is 0 Å². The molecule has 0 atom stereocenters. The summed E-state index contributed by atoms with van der Waals surface area (Å²) in [6.07, 6.45) is 0. The molecule has 0 aliphatic rings. The molecule has 0 aliphatic carbocycles. The van der Waals surface area contributed by atoms with Crippen molar-refractivity contribution in [3.8, 4) is 0 Å². The Balaban J connectivity index is 2.89. The highest BCUT2D eigenvalue weighted by atomic mass is 14.7. The molecule has 0 heterocycles. The average Bonchev–Trinajstić information content (AvgIpc) is 2.05. The molecule has 2 aromatic rings. The lowest BCUT2D eigenvalue weighted by molar-refractivity contribution is 1.75. The topological polar surface area (TPSA) is 0 Å². The van der Waals surface area contributed by atoms with Crippen molar-refractivity contribution in [3.05, 3.63) is 48.5 Å². The molecule has 0 saturated heterocycles. The molecule has 2 rings (SSSR count). The van der Waals surface area contributed by atoms with E-state index in [2.05, 4.69) is 48.5 Å². The second-order valence-electron chi connectivity index (χ2n) is 2.35. The number of benzene rings is 2. The highest BCUT2D eigenvalue weighted by molar-refractivity contribution is 5.81. The molecule has 0 heteroatoms. The third kappa shape index (κ3) is 0.781.